The fourth-order valence-electron chi connectivity index (χ4n) is 2.12. The molecule has 1 N–H and O–H groups in total. The van der Waals surface area contributed by atoms with Crippen molar-refractivity contribution in [1.29, 1.82) is 0 Å². The zero-order chi connectivity index (χ0) is 19.5. The molecule has 138 valence electrons. The molecule has 0 radical (unpaired) electrons. The van der Waals surface area contributed by atoms with Crippen molar-refractivity contribution in [3.05, 3.63) is 58.1 Å². The molecule has 0 heterocycles. The molecule has 0 bridgehead atoms. The average Bonchev–Trinajstić information content (AvgIpc) is 2.62. The highest BCUT2D eigenvalue weighted by atomic mass is 35.5. The van der Waals surface area contributed by atoms with Crippen molar-refractivity contribution in [3.8, 4) is 0 Å². The highest BCUT2D eigenvalue weighted by molar-refractivity contribution is 7.92. The Balaban J connectivity index is 2.44. The lowest BCUT2D eigenvalue weighted by Crippen LogP contribution is -2.15. The van der Waals surface area contributed by atoms with Crippen molar-refractivity contribution >= 4 is 39.3 Å². The number of esters is 2. The van der Waals surface area contributed by atoms with Gasteiger partial charge in [-0.15, -0.1) is 0 Å². The maximum absolute atomic E-state index is 12.7. The quantitative estimate of drug-likeness (QED) is 0.778. The van der Waals surface area contributed by atoms with Crippen LogP contribution in [0.4, 0.5) is 5.69 Å². The Morgan fingerprint density at radius 1 is 1.00 bits per heavy atom. The average molecular weight is 398 g/mol. The predicted molar refractivity (Wildman–Crippen MR) is 96.1 cm³/mol. The van der Waals surface area contributed by atoms with E-state index in [9.17, 15) is 18.0 Å². The van der Waals surface area contributed by atoms with Gasteiger partial charge in [-0.05, 0) is 42.8 Å². The lowest BCUT2D eigenvalue weighted by Gasteiger charge is -2.13. The summed E-state index contributed by atoms with van der Waals surface area (Å²) in [6.45, 7) is 1.68. The molecule has 0 unspecified atom stereocenters. The van der Waals surface area contributed by atoms with E-state index in [2.05, 4.69) is 14.2 Å². The van der Waals surface area contributed by atoms with Gasteiger partial charge in [0, 0.05) is 0 Å². The minimum absolute atomic E-state index is 0.0691. The summed E-state index contributed by atoms with van der Waals surface area (Å²) in [4.78, 5) is 23.2. The number of sulfonamides is 1. The zero-order valence-electron chi connectivity index (χ0n) is 14.2. The lowest BCUT2D eigenvalue weighted by molar-refractivity contribution is 0.0592. The SMILES string of the molecule is COC(=O)c1ccc(C)c(NS(=O)(=O)c2ccc(Cl)c(C(=O)OC)c2)c1. The van der Waals surface area contributed by atoms with E-state index in [1.54, 1.807) is 13.0 Å². The van der Waals surface area contributed by atoms with Gasteiger partial charge in [0.05, 0.1) is 41.0 Å². The van der Waals surface area contributed by atoms with E-state index in [1.165, 1.54) is 38.5 Å². The van der Waals surface area contributed by atoms with Crippen LogP contribution in [-0.2, 0) is 19.5 Å². The molecule has 9 heteroatoms. The molecule has 0 aliphatic heterocycles. The molecular weight excluding hydrogens is 382 g/mol. The fraction of sp³-hybridized carbons (Fsp3) is 0.176. The summed E-state index contributed by atoms with van der Waals surface area (Å²) in [6, 6.07) is 8.16. The van der Waals surface area contributed by atoms with E-state index in [0.717, 1.165) is 6.07 Å². The van der Waals surface area contributed by atoms with Crippen LogP contribution in [-0.4, -0.2) is 34.6 Å². The topological polar surface area (TPSA) is 98.8 Å². The molecule has 7 nitrogen and oxygen atoms in total. The summed E-state index contributed by atoms with van der Waals surface area (Å²) >= 11 is 5.91. The van der Waals surface area contributed by atoms with E-state index < -0.39 is 22.0 Å². The molecule has 0 saturated heterocycles. The van der Waals surface area contributed by atoms with Crippen molar-refractivity contribution in [2.24, 2.45) is 0 Å². The molecule has 0 aromatic heterocycles. The number of carbonyl (C=O) groups excluding carboxylic acids is 2. The normalized spacial score (nSPS) is 10.9. The largest absolute Gasteiger partial charge is 0.465 e. The predicted octanol–water partition coefficient (Wildman–Crippen LogP) is 3.02. The van der Waals surface area contributed by atoms with Crippen LogP contribution in [0.25, 0.3) is 0 Å². The van der Waals surface area contributed by atoms with Gasteiger partial charge in [0.25, 0.3) is 10.0 Å². The lowest BCUT2D eigenvalue weighted by atomic mass is 10.1. The molecule has 0 atom stereocenters. The Bertz CT molecular complexity index is 971. The van der Waals surface area contributed by atoms with Gasteiger partial charge in [-0.3, -0.25) is 4.72 Å². The van der Waals surface area contributed by atoms with Crippen LogP contribution in [0.5, 0.6) is 0 Å². The summed E-state index contributed by atoms with van der Waals surface area (Å²) in [5.74, 6) is -1.35. The van der Waals surface area contributed by atoms with Crippen LogP contribution in [0.15, 0.2) is 41.3 Å². The number of ether oxygens (including phenoxy) is 2. The van der Waals surface area contributed by atoms with Crippen LogP contribution in [0.2, 0.25) is 5.02 Å². The first kappa shape index (κ1) is 19.7. The number of anilines is 1. The number of methoxy groups -OCH3 is 2. The van der Waals surface area contributed by atoms with Crippen molar-refractivity contribution < 1.29 is 27.5 Å². The molecule has 0 aliphatic carbocycles. The third kappa shape index (κ3) is 4.14. The van der Waals surface area contributed by atoms with Crippen LogP contribution in [0.1, 0.15) is 26.3 Å². The van der Waals surface area contributed by atoms with E-state index in [4.69, 9.17) is 11.6 Å². The number of hydrogen-bond acceptors (Lipinski definition) is 6. The molecule has 0 aliphatic rings. The maximum Gasteiger partial charge on any atom is 0.339 e. The van der Waals surface area contributed by atoms with Crippen LogP contribution in [0.3, 0.4) is 0 Å². The third-order valence-corrected chi connectivity index (χ3v) is 5.25. The second-order valence-electron chi connectivity index (χ2n) is 5.26. The number of benzene rings is 2. The number of halogens is 1. The van der Waals surface area contributed by atoms with Crippen LogP contribution >= 0.6 is 11.6 Å². The smallest absolute Gasteiger partial charge is 0.339 e. The summed E-state index contributed by atoms with van der Waals surface area (Å²) in [5, 5.41) is 0.0691. The number of carbonyl (C=O) groups is 2. The second-order valence-corrected chi connectivity index (χ2v) is 7.35. The van der Waals surface area contributed by atoms with Gasteiger partial charge in [0.1, 0.15) is 0 Å². The summed E-state index contributed by atoms with van der Waals surface area (Å²) in [5.41, 5.74) is 0.935. The molecular formula is C17H16ClNO6S. The molecule has 2 aromatic carbocycles. The molecule has 26 heavy (non-hydrogen) atoms. The highest BCUT2D eigenvalue weighted by Gasteiger charge is 2.20. The first-order valence-corrected chi connectivity index (χ1v) is 9.15. The molecule has 0 fully saturated rings. The van der Waals surface area contributed by atoms with E-state index >= 15 is 0 Å². The van der Waals surface area contributed by atoms with Gasteiger partial charge in [0.2, 0.25) is 0 Å². The Morgan fingerprint density at radius 2 is 1.65 bits per heavy atom. The van der Waals surface area contributed by atoms with Crippen molar-refractivity contribution in [1.82, 2.24) is 0 Å². The van der Waals surface area contributed by atoms with Gasteiger partial charge in [-0.25, -0.2) is 18.0 Å². The van der Waals surface area contributed by atoms with Gasteiger partial charge in [0.15, 0.2) is 0 Å². The van der Waals surface area contributed by atoms with E-state index in [-0.39, 0.29) is 26.7 Å². The summed E-state index contributed by atoms with van der Waals surface area (Å²) in [7, 11) is -1.64. The maximum atomic E-state index is 12.7. The Labute approximate surface area is 155 Å². The third-order valence-electron chi connectivity index (χ3n) is 3.56. The Kier molecular flexibility index (Phi) is 5.89. The first-order valence-electron chi connectivity index (χ1n) is 7.29. The van der Waals surface area contributed by atoms with Gasteiger partial charge < -0.3 is 9.47 Å². The van der Waals surface area contributed by atoms with Gasteiger partial charge in [-0.1, -0.05) is 17.7 Å². The van der Waals surface area contributed by atoms with Crippen LogP contribution in [0, 0.1) is 6.92 Å². The highest BCUT2D eigenvalue weighted by Crippen LogP contribution is 2.25. The monoisotopic (exact) mass is 397 g/mol. The molecule has 0 spiro atoms. The van der Waals surface area contributed by atoms with Crippen molar-refractivity contribution in [2.75, 3.05) is 18.9 Å². The van der Waals surface area contributed by atoms with Crippen molar-refractivity contribution in [2.45, 2.75) is 11.8 Å². The van der Waals surface area contributed by atoms with Crippen LogP contribution < -0.4 is 4.72 Å². The van der Waals surface area contributed by atoms with Crippen molar-refractivity contribution in [3.63, 3.8) is 0 Å². The Morgan fingerprint density at radius 3 is 2.27 bits per heavy atom. The standard InChI is InChI=1S/C17H16ClNO6S/c1-10-4-5-11(16(20)24-2)8-15(10)19-26(22,23)12-6-7-14(18)13(9-12)17(21)25-3/h4-9,19H,1-3H3. The molecule has 0 amide bonds. The number of rotatable bonds is 5. The van der Waals surface area contributed by atoms with Gasteiger partial charge >= 0.3 is 11.9 Å². The van der Waals surface area contributed by atoms with E-state index in [0.29, 0.717) is 5.56 Å². The summed E-state index contributed by atoms with van der Waals surface area (Å²) < 4.78 is 36.9. The first-order chi connectivity index (χ1) is 12.2. The minimum Gasteiger partial charge on any atom is -0.465 e. The molecule has 2 rings (SSSR count). The van der Waals surface area contributed by atoms with E-state index in [1.807, 2.05) is 0 Å². The molecule has 2 aromatic rings. The summed E-state index contributed by atoms with van der Waals surface area (Å²) in [6.07, 6.45) is 0. The van der Waals surface area contributed by atoms with Gasteiger partial charge in [-0.2, -0.15) is 0 Å². The number of aryl methyl sites for hydroxylation is 1. The minimum atomic E-state index is -4.03. The number of nitrogens with one attached hydrogen (secondary N) is 1. The fourth-order valence-corrected chi connectivity index (χ4v) is 3.46. The zero-order valence-corrected chi connectivity index (χ0v) is 15.8. The second kappa shape index (κ2) is 7.76. The Hall–Kier alpha value is -2.58. The molecule has 0 saturated carbocycles. The number of hydrogen-bond donors (Lipinski definition) is 1.